The highest BCUT2D eigenvalue weighted by molar-refractivity contribution is 5.49. The van der Waals surface area contributed by atoms with Crippen molar-refractivity contribution in [2.24, 2.45) is 0 Å². The molecule has 0 aliphatic rings. The van der Waals surface area contributed by atoms with Gasteiger partial charge in [0.25, 0.3) is 0 Å². The highest BCUT2D eigenvalue weighted by Gasteiger charge is 2.12. The molecular weight excluding hydrogens is 256 g/mol. The Morgan fingerprint density at radius 1 is 1.40 bits per heavy atom. The van der Waals surface area contributed by atoms with Crippen molar-refractivity contribution >= 4 is 11.6 Å². The molecule has 1 heterocycles. The zero-order valence-electron chi connectivity index (χ0n) is 12.9. The molecule has 0 bridgehead atoms. The van der Waals surface area contributed by atoms with E-state index >= 15 is 0 Å². The summed E-state index contributed by atoms with van der Waals surface area (Å²) in [5.41, 5.74) is 0. The third kappa shape index (κ3) is 5.30. The van der Waals surface area contributed by atoms with Crippen molar-refractivity contribution in [3.8, 4) is 0 Å². The molecule has 1 atom stereocenters. The zero-order chi connectivity index (χ0) is 15.0. The number of hydrogen-bond acceptors (Lipinski definition) is 6. The topological polar surface area (TPSA) is 70.5 Å². The van der Waals surface area contributed by atoms with Crippen LogP contribution in [0.5, 0.6) is 0 Å². The number of aliphatic hydroxyl groups excluding tert-OH is 1. The van der Waals surface area contributed by atoms with E-state index in [1.54, 1.807) is 7.11 Å². The van der Waals surface area contributed by atoms with Gasteiger partial charge in [0, 0.05) is 39.7 Å². The minimum absolute atomic E-state index is 0.316. The number of aryl methyl sites for hydroxylation is 1. The Morgan fingerprint density at radius 3 is 2.75 bits per heavy atom. The lowest BCUT2D eigenvalue weighted by Crippen LogP contribution is -2.32. The van der Waals surface area contributed by atoms with Crippen LogP contribution < -0.4 is 10.2 Å². The number of aromatic nitrogens is 2. The van der Waals surface area contributed by atoms with Crippen LogP contribution in [0.15, 0.2) is 6.07 Å². The van der Waals surface area contributed by atoms with Gasteiger partial charge >= 0.3 is 0 Å². The second-order valence-corrected chi connectivity index (χ2v) is 4.80. The monoisotopic (exact) mass is 282 g/mol. The maximum absolute atomic E-state index is 9.79. The molecule has 0 aliphatic heterocycles. The van der Waals surface area contributed by atoms with Crippen molar-refractivity contribution in [2.75, 3.05) is 44.1 Å². The van der Waals surface area contributed by atoms with Crippen LogP contribution >= 0.6 is 0 Å². The fraction of sp³-hybridized carbons (Fsp3) is 0.714. The highest BCUT2D eigenvalue weighted by Crippen LogP contribution is 2.15. The number of aliphatic hydroxyl groups is 1. The summed E-state index contributed by atoms with van der Waals surface area (Å²) in [6.07, 6.45) is 1.30. The molecule has 2 N–H and O–H groups in total. The number of rotatable bonds is 9. The molecule has 20 heavy (non-hydrogen) atoms. The molecule has 0 fully saturated rings. The standard InChI is InChI=1S/C14H26N4O2/c1-5-7-15-13-8-14(17-12(6-2)16-13)18(3)9-11(19)10-20-4/h8,11,19H,5-7,9-10H2,1-4H3,(H,15,16,17). The minimum Gasteiger partial charge on any atom is -0.389 e. The van der Waals surface area contributed by atoms with Crippen molar-refractivity contribution in [3.05, 3.63) is 11.9 Å². The van der Waals surface area contributed by atoms with Crippen LogP contribution in [0.1, 0.15) is 26.1 Å². The Hall–Kier alpha value is -1.40. The van der Waals surface area contributed by atoms with Gasteiger partial charge in [0.2, 0.25) is 0 Å². The van der Waals surface area contributed by atoms with Gasteiger partial charge in [-0.1, -0.05) is 13.8 Å². The molecule has 0 radical (unpaired) electrons. The van der Waals surface area contributed by atoms with Crippen molar-refractivity contribution in [1.29, 1.82) is 0 Å². The molecule has 0 aromatic carbocycles. The third-order valence-corrected chi connectivity index (χ3v) is 2.87. The lowest BCUT2D eigenvalue weighted by atomic mass is 10.3. The summed E-state index contributed by atoms with van der Waals surface area (Å²) in [5, 5.41) is 13.1. The average molecular weight is 282 g/mol. The fourth-order valence-corrected chi connectivity index (χ4v) is 1.84. The Bertz CT molecular complexity index is 401. The maximum atomic E-state index is 9.79. The van der Waals surface area contributed by atoms with Gasteiger partial charge in [-0.15, -0.1) is 0 Å². The van der Waals surface area contributed by atoms with Crippen LogP contribution in [-0.2, 0) is 11.2 Å². The number of anilines is 2. The van der Waals surface area contributed by atoms with Gasteiger partial charge in [0.05, 0.1) is 12.7 Å². The van der Waals surface area contributed by atoms with Crippen LogP contribution in [0.2, 0.25) is 0 Å². The van der Waals surface area contributed by atoms with Crippen LogP contribution in [0.3, 0.4) is 0 Å². The molecule has 0 saturated carbocycles. The Morgan fingerprint density at radius 2 is 2.15 bits per heavy atom. The molecule has 1 aromatic heterocycles. The van der Waals surface area contributed by atoms with Gasteiger partial charge in [0.15, 0.2) is 0 Å². The summed E-state index contributed by atoms with van der Waals surface area (Å²) in [7, 11) is 3.49. The number of ether oxygens (including phenoxy) is 1. The average Bonchev–Trinajstić information content (AvgIpc) is 2.44. The highest BCUT2D eigenvalue weighted by atomic mass is 16.5. The van der Waals surface area contributed by atoms with E-state index in [1.165, 1.54) is 0 Å². The predicted octanol–water partition coefficient (Wildman–Crippen LogP) is 1.30. The number of hydrogen-bond donors (Lipinski definition) is 2. The molecule has 6 nitrogen and oxygen atoms in total. The van der Waals surface area contributed by atoms with E-state index in [0.29, 0.717) is 13.2 Å². The van der Waals surface area contributed by atoms with Gasteiger partial charge in [-0.05, 0) is 6.42 Å². The molecular formula is C14H26N4O2. The quantitative estimate of drug-likeness (QED) is 0.711. The normalized spacial score (nSPS) is 12.2. The third-order valence-electron chi connectivity index (χ3n) is 2.87. The van der Waals surface area contributed by atoms with E-state index in [1.807, 2.05) is 24.9 Å². The smallest absolute Gasteiger partial charge is 0.134 e. The number of methoxy groups -OCH3 is 1. The first kappa shape index (κ1) is 16.7. The lowest BCUT2D eigenvalue weighted by molar-refractivity contribution is 0.0694. The van der Waals surface area contributed by atoms with E-state index in [2.05, 4.69) is 22.2 Å². The number of nitrogens with one attached hydrogen (secondary N) is 1. The summed E-state index contributed by atoms with van der Waals surface area (Å²) in [5.74, 6) is 2.45. The first-order valence-corrected chi connectivity index (χ1v) is 7.10. The van der Waals surface area contributed by atoms with Crippen LogP contribution in [-0.4, -0.2) is 55.0 Å². The molecule has 1 rings (SSSR count). The first-order chi connectivity index (χ1) is 9.60. The summed E-state index contributed by atoms with van der Waals surface area (Å²) in [4.78, 5) is 10.9. The molecule has 1 aromatic rings. The van der Waals surface area contributed by atoms with Crippen LogP contribution in [0.25, 0.3) is 0 Å². The van der Waals surface area contributed by atoms with E-state index in [-0.39, 0.29) is 0 Å². The Kier molecular flexibility index (Phi) is 7.25. The first-order valence-electron chi connectivity index (χ1n) is 7.10. The van der Waals surface area contributed by atoms with Crippen molar-refractivity contribution in [3.63, 3.8) is 0 Å². The minimum atomic E-state index is -0.530. The van der Waals surface area contributed by atoms with Gasteiger partial charge in [-0.3, -0.25) is 0 Å². The molecule has 0 saturated heterocycles. The molecule has 6 heteroatoms. The number of nitrogens with zero attached hydrogens (tertiary/aromatic N) is 3. The second kappa shape index (κ2) is 8.71. The second-order valence-electron chi connectivity index (χ2n) is 4.80. The SMILES string of the molecule is CCCNc1cc(N(C)CC(O)COC)nc(CC)n1. The lowest BCUT2D eigenvalue weighted by Gasteiger charge is -2.22. The Labute approximate surface area is 121 Å². The number of likely N-dealkylation sites (N-methyl/N-ethyl adjacent to an activating group) is 1. The summed E-state index contributed by atoms with van der Waals surface area (Å²) < 4.78 is 4.94. The molecule has 1 unspecified atom stereocenters. The van der Waals surface area contributed by atoms with Crippen LogP contribution in [0.4, 0.5) is 11.6 Å². The molecule has 0 aliphatic carbocycles. The summed E-state index contributed by atoms with van der Waals surface area (Å²) in [6, 6.07) is 1.91. The maximum Gasteiger partial charge on any atom is 0.134 e. The summed E-state index contributed by atoms with van der Waals surface area (Å²) in [6.45, 7) is 5.82. The summed E-state index contributed by atoms with van der Waals surface area (Å²) >= 11 is 0. The van der Waals surface area contributed by atoms with Gasteiger partial charge in [-0.2, -0.15) is 0 Å². The van der Waals surface area contributed by atoms with Crippen molar-refractivity contribution in [1.82, 2.24) is 9.97 Å². The molecule has 114 valence electrons. The van der Waals surface area contributed by atoms with Crippen LogP contribution in [0, 0.1) is 0 Å². The Balaban J connectivity index is 2.80. The van der Waals surface area contributed by atoms with Crippen molar-refractivity contribution < 1.29 is 9.84 Å². The van der Waals surface area contributed by atoms with E-state index < -0.39 is 6.10 Å². The molecule has 0 amide bonds. The zero-order valence-corrected chi connectivity index (χ0v) is 12.9. The fourth-order valence-electron chi connectivity index (χ4n) is 1.84. The van der Waals surface area contributed by atoms with Gasteiger partial charge in [-0.25, -0.2) is 9.97 Å². The van der Waals surface area contributed by atoms with E-state index in [4.69, 9.17) is 4.74 Å². The largest absolute Gasteiger partial charge is 0.389 e. The van der Waals surface area contributed by atoms with Crippen molar-refractivity contribution in [2.45, 2.75) is 32.8 Å². The molecule has 0 spiro atoms. The predicted molar refractivity (Wildman–Crippen MR) is 81.3 cm³/mol. The van der Waals surface area contributed by atoms with Gasteiger partial charge in [0.1, 0.15) is 17.5 Å². The van der Waals surface area contributed by atoms with E-state index in [9.17, 15) is 5.11 Å². The van der Waals surface area contributed by atoms with Gasteiger partial charge < -0.3 is 20.1 Å². The van der Waals surface area contributed by atoms with E-state index in [0.717, 1.165) is 36.8 Å².